The van der Waals surface area contributed by atoms with Crippen molar-refractivity contribution in [1.82, 2.24) is 5.06 Å². The van der Waals surface area contributed by atoms with Gasteiger partial charge >= 0.3 is 0 Å². The van der Waals surface area contributed by atoms with Gasteiger partial charge in [0.1, 0.15) is 11.4 Å². The van der Waals surface area contributed by atoms with Crippen LogP contribution in [-0.4, -0.2) is 17.3 Å². The summed E-state index contributed by atoms with van der Waals surface area (Å²) < 4.78 is 0. The van der Waals surface area contributed by atoms with Gasteiger partial charge in [-0.25, -0.2) is 0 Å². The standard InChI is InChI=1S/C15H12Cl3N3O/c1-21(22)9-14(10-5-3-2-4-6-10)19-20-15-12(17)7-11(16)8-13(15)18/h2-9,22H,1H3/b14-9-,20-19?. The fourth-order valence-corrected chi connectivity index (χ4v) is 2.57. The summed E-state index contributed by atoms with van der Waals surface area (Å²) >= 11 is 18.0. The molecular formula is C15H12Cl3N3O. The number of azo groups is 1. The number of halogens is 3. The molecule has 0 saturated heterocycles. The van der Waals surface area contributed by atoms with Crippen LogP contribution in [0.1, 0.15) is 5.56 Å². The highest BCUT2D eigenvalue weighted by Crippen LogP contribution is 2.36. The van der Waals surface area contributed by atoms with E-state index < -0.39 is 0 Å². The Morgan fingerprint density at radius 1 is 1.09 bits per heavy atom. The molecule has 0 fully saturated rings. The van der Waals surface area contributed by atoms with Gasteiger partial charge in [0.25, 0.3) is 0 Å². The molecule has 0 aromatic heterocycles. The highest BCUT2D eigenvalue weighted by molar-refractivity contribution is 6.41. The van der Waals surface area contributed by atoms with Crippen LogP contribution in [0.25, 0.3) is 5.70 Å². The Bertz CT molecular complexity index is 692. The first kappa shape index (κ1) is 16.8. The maximum atomic E-state index is 9.41. The SMILES string of the molecule is CN(O)/C=C(\N=Nc1c(Cl)cc(Cl)cc1Cl)c1ccccc1. The summed E-state index contributed by atoms with van der Waals surface area (Å²) in [7, 11) is 1.47. The van der Waals surface area contributed by atoms with Gasteiger partial charge in [0.15, 0.2) is 0 Å². The van der Waals surface area contributed by atoms with Crippen LogP contribution in [0, 0.1) is 0 Å². The third kappa shape index (κ3) is 4.45. The lowest BCUT2D eigenvalue weighted by Crippen LogP contribution is -2.03. The maximum absolute atomic E-state index is 9.41. The van der Waals surface area contributed by atoms with Crippen molar-refractivity contribution in [2.24, 2.45) is 10.2 Å². The Morgan fingerprint density at radius 3 is 2.23 bits per heavy atom. The van der Waals surface area contributed by atoms with E-state index in [9.17, 15) is 5.21 Å². The van der Waals surface area contributed by atoms with Gasteiger partial charge in [-0.05, 0) is 12.1 Å². The smallest absolute Gasteiger partial charge is 0.123 e. The highest BCUT2D eigenvalue weighted by atomic mass is 35.5. The average Bonchev–Trinajstić information content (AvgIpc) is 2.45. The third-order valence-electron chi connectivity index (χ3n) is 2.62. The van der Waals surface area contributed by atoms with E-state index in [2.05, 4.69) is 10.2 Å². The van der Waals surface area contributed by atoms with E-state index in [4.69, 9.17) is 34.8 Å². The van der Waals surface area contributed by atoms with Gasteiger partial charge < -0.3 is 0 Å². The van der Waals surface area contributed by atoms with Crippen LogP contribution in [0.4, 0.5) is 5.69 Å². The Kier molecular flexibility index (Phi) is 5.80. The molecule has 0 spiro atoms. The summed E-state index contributed by atoms with van der Waals surface area (Å²) in [5.74, 6) is 0. The van der Waals surface area contributed by atoms with Crippen molar-refractivity contribution in [2.75, 3.05) is 7.05 Å². The van der Waals surface area contributed by atoms with Crippen molar-refractivity contribution in [3.63, 3.8) is 0 Å². The molecule has 0 unspecified atom stereocenters. The number of rotatable bonds is 4. The van der Waals surface area contributed by atoms with Gasteiger partial charge in [-0.3, -0.25) is 10.3 Å². The number of benzene rings is 2. The molecule has 0 aliphatic carbocycles. The Hall–Kier alpha value is -1.59. The zero-order chi connectivity index (χ0) is 16.1. The molecule has 0 aliphatic rings. The fourth-order valence-electron chi connectivity index (χ4n) is 1.68. The Morgan fingerprint density at radius 2 is 1.68 bits per heavy atom. The third-order valence-corrected chi connectivity index (χ3v) is 3.41. The molecule has 2 aromatic rings. The fraction of sp³-hybridized carbons (Fsp3) is 0.0667. The normalized spacial score (nSPS) is 12.0. The molecule has 0 atom stereocenters. The van der Waals surface area contributed by atoms with Crippen LogP contribution in [0.3, 0.4) is 0 Å². The largest absolute Gasteiger partial charge is 0.289 e. The number of hydrogen-bond donors (Lipinski definition) is 1. The van der Waals surface area contributed by atoms with Gasteiger partial charge in [0.05, 0.1) is 16.2 Å². The predicted molar refractivity (Wildman–Crippen MR) is 90.0 cm³/mol. The summed E-state index contributed by atoms with van der Waals surface area (Å²) in [5, 5.41) is 19.5. The number of nitrogens with zero attached hydrogens (tertiary/aromatic N) is 3. The first-order chi connectivity index (χ1) is 10.5. The Balaban J connectivity index is 2.40. The molecule has 2 rings (SSSR count). The minimum absolute atomic E-state index is 0.297. The summed E-state index contributed by atoms with van der Waals surface area (Å²) in [6.45, 7) is 0. The maximum Gasteiger partial charge on any atom is 0.123 e. The van der Waals surface area contributed by atoms with Crippen molar-refractivity contribution in [3.8, 4) is 0 Å². The second-order valence-corrected chi connectivity index (χ2v) is 5.62. The van der Waals surface area contributed by atoms with Crippen LogP contribution in [0.2, 0.25) is 15.1 Å². The molecule has 0 saturated carbocycles. The second-order valence-electron chi connectivity index (χ2n) is 4.37. The van der Waals surface area contributed by atoms with Crippen molar-refractivity contribution >= 4 is 46.2 Å². The second kappa shape index (κ2) is 7.61. The molecule has 7 heteroatoms. The van der Waals surface area contributed by atoms with E-state index in [1.807, 2.05) is 30.3 Å². The van der Waals surface area contributed by atoms with Crippen LogP contribution in [-0.2, 0) is 0 Å². The lowest BCUT2D eigenvalue weighted by atomic mass is 10.2. The molecule has 4 nitrogen and oxygen atoms in total. The predicted octanol–water partition coefficient (Wildman–Crippen LogP) is 6.05. The first-order valence-electron chi connectivity index (χ1n) is 6.22. The quantitative estimate of drug-likeness (QED) is 0.535. The van der Waals surface area contributed by atoms with E-state index in [1.165, 1.54) is 25.4 Å². The van der Waals surface area contributed by atoms with E-state index in [0.29, 0.717) is 26.5 Å². The Labute approximate surface area is 143 Å². The topological polar surface area (TPSA) is 48.2 Å². The molecule has 22 heavy (non-hydrogen) atoms. The molecule has 1 N–H and O–H groups in total. The molecule has 114 valence electrons. The van der Waals surface area contributed by atoms with Crippen LogP contribution >= 0.6 is 34.8 Å². The van der Waals surface area contributed by atoms with Gasteiger partial charge in [0.2, 0.25) is 0 Å². The summed E-state index contributed by atoms with van der Waals surface area (Å²) in [5.41, 5.74) is 1.55. The van der Waals surface area contributed by atoms with Crippen LogP contribution < -0.4 is 0 Å². The van der Waals surface area contributed by atoms with Crippen molar-refractivity contribution in [3.05, 3.63) is 69.3 Å². The van der Waals surface area contributed by atoms with Gasteiger partial charge in [-0.2, -0.15) is 0 Å². The molecule has 0 radical (unpaired) electrons. The molecule has 2 aromatic carbocycles. The molecule has 0 amide bonds. The van der Waals surface area contributed by atoms with Gasteiger partial charge in [-0.1, -0.05) is 65.1 Å². The molecule has 0 aliphatic heterocycles. The summed E-state index contributed by atoms with van der Waals surface area (Å²) in [6.07, 6.45) is 1.43. The molecular weight excluding hydrogens is 345 g/mol. The van der Waals surface area contributed by atoms with E-state index in [1.54, 1.807) is 0 Å². The highest BCUT2D eigenvalue weighted by Gasteiger charge is 2.08. The van der Waals surface area contributed by atoms with Gasteiger partial charge in [0, 0.05) is 17.6 Å². The first-order valence-corrected chi connectivity index (χ1v) is 7.36. The van der Waals surface area contributed by atoms with Crippen molar-refractivity contribution < 1.29 is 5.21 Å². The zero-order valence-corrected chi connectivity index (χ0v) is 13.8. The zero-order valence-electron chi connectivity index (χ0n) is 11.5. The summed E-state index contributed by atoms with van der Waals surface area (Å²) in [4.78, 5) is 0. The van der Waals surface area contributed by atoms with E-state index in [0.717, 1.165) is 10.6 Å². The monoisotopic (exact) mass is 355 g/mol. The van der Waals surface area contributed by atoms with E-state index >= 15 is 0 Å². The molecule has 0 bridgehead atoms. The summed E-state index contributed by atoms with van der Waals surface area (Å²) in [6, 6.07) is 12.4. The van der Waals surface area contributed by atoms with Crippen LogP contribution in [0.15, 0.2) is 58.9 Å². The minimum atomic E-state index is 0.297. The average molecular weight is 357 g/mol. The van der Waals surface area contributed by atoms with E-state index in [-0.39, 0.29) is 0 Å². The van der Waals surface area contributed by atoms with Crippen molar-refractivity contribution in [1.29, 1.82) is 0 Å². The minimum Gasteiger partial charge on any atom is -0.289 e. The molecule has 0 heterocycles. The lowest BCUT2D eigenvalue weighted by Gasteiger charge is -2.07. The van der Waals surface area contributed by atoms with Crippen molar-refractivity contribution in [2.45, 2.75) is 0 Å². The van der Waals surface area contributed by atoms with Crippen LogP contribution in [0.5, 0.6) is 0 Å². The number of hydroxylamine groups is 2. The van der Waals surface area contributed by atoms with Gasteiger partial charge in [-0.15, -0.1) is 10.2 Å². The lowest BCUT2D eigenvalue weighted by molar-refractivity contribution is -0.0123. The number of hydrogen-bond acceptors (Lipinski definition) is 4.